The van der Waals surface area contributed by atoms with Crippen LogP contribution in [-0.2, 0) is 0 Å². The Labute approximate surface area is 154 Å². The molecule has 126 valence electrons. The standard InChI is InChI=1S/C21H25BrN2/c1-5-7-10-17(6-2)20-18-11-8-9-12-19(18)23-21(24-20)15(3)13-14-16(4)22/h5-10,12-14,18,20H,1,11H2,2-4H3,(H,23,24)/b10-7-,15-13+,16-14+,17-6+/t18-,20-/m1/s1. The summed E-state index contributed by atoms with van der Waals surface area (Å²) in [6.07, 6.45) is 19.7. The predicted octanol–water partition coefficient (Wildman–Crippen LogP) is 5.75. The molecule has 0 saturated carbocycles. The van der Waals surface area contributed by atoms with Crippen molar-refractivity contribution in [2.45, 2.75) is 33.2 Å². The number of aliphatic imine (C=N–C) groups is 1. The Morgan fingerprint density at radius 1 is 1.38 bits per heavy atom. The Morgan fingerprint density at radius 3 is 2.83 bits per heavy atom. The fourth-order valence-electron chi connectivity index (χ4n) is 2.85. The first-order chi connectivity index (χ1) is 11.6. The van der Waals surface area contributed by atoms with Crippen LogP contribution in [0.2, 0.25) is 0 Å². The lowest BCUT2D eigenvalue weighted by atomic mass is 9.83. The zero-order valence-electron chi connectivity index (χ0n) is 14.6. The maximum atomic E-state index is 5.03. The van der Waals surface area contributed by atoms with E-state index in [-0.39, 0.29) is 6.04 Å². The number of hydrogen-bond acceptors (Lipinski definition) is 2. The van der Waals surface area contributed by atoms with Crippen molar-refractivity contribution in [3.05, 3.63) is 82.6 Å². The highest BCUT2D eigenvalue weighted by Crippen LogP contribution is 2.32. The third-order valence-corrected chi connectivity index (χ3v) is 4.41. The van der Waals surface area contributed by atoms with Crippen molar-refractivity contribution in [1.82, 2.24) is 5.32 Å². The van der Waals surface area contributed by atoms with E-state index < -0.39 is 0 Å². The highest BCUT2D eigenvalue weighted by atomic mass is 79.9. The quantitative estimate of drug-likeness (QED) is 0.599. The molecule has 0 aromatic carbocycles. The normalized spacial score (nSPS) is 25.1. The molecule has 0 fully saturated rings. The lowest BCUT2D eigenvalue weighted by Crippen LogP contribution is -2.40. The molecule has 1 N–H and O–H groups in total. The lowest BCUT2D eigenvalue weighted by molar-refractivity contribution is 0.500. The van der Waals surface area contributed by atoms with Gasteiger partial charge in [0.15, 0.2) is 0 Å². The maximum Gasteiger partial charge on any atom is 0.128 e. The average molecular weight is 385 g/mol. The van der Waals surface area contributed by atoms with Gasteiger partial charge in [0.1, 0.15) is 5.84 Å². The van der Waals surface area contributed by atoms with Crippen molar-refractivity contribution in [3.8, 4) is 0 Å². The molecule has 0 aromatic heterocycles. The minimum Gasteiger partial charge on any atom is -0.343 e. The van der Waals surface area contributed by atoms with Crippen LogP contribution in [0.1, 0.15) is 27.2 Å². The Balaban J connectivity index is 2.43. The second kappa shape index (κ2) is 8.84. The first kappa shape index (κ1) is 18.5. The smallest absolute Gasteiger partial charge is 0.128 e. The van der Waals surface area contributed by atoms with Gasteiger partial charge in [-0.05, 0) is 48.9 Å². The molecular formula is C21H25BrN2. The van der Waals surface area contributed by atoms with Gasteiger partial charge in [0.25, 0.3) is 0 Å². The first-order valence-corrected chi connectivity index (χ1v) is 9.04. The van der Waals surface area contributed by atoms with E-state index in [4.69, 9.17) is 4.99 Å². The monoisotopic (exact) mass is 384 g/mol. The topological polar surface area (TPSA) is 24.4 Å². The van der Waals surface area contributed by atoms with Crippen LogP contribution >= 0.6 is 15.9 Å². The molecule has 2 aliphatic rings. The Kier molecular flexibility index (Phi) is 6.80. The van der Waals surface area contributed by atoms with Gasteiger partial charge in [-0.25, -0.2) is 0 Å². The second-order valence-corrected chi connectivity index (χ2v) is 7.18. The summed E-state index contributed by atoms with van der Waals surface area (Å²) < 4.78 is 1.09. The molecule has 0 spiro atoms. The second-order valence-electron chi connectivity index (χ2n) is 5.93. The van der Waals surface area contributed by atoms with Gasteiger partial charge >= 0.3 is 0 Å². The number of halogens is 1. The fourth-order valence-corrected chi connectivity index (χ4v) is 2.98. The highest BCUT2D eigenvalue weighted by Gasteiger charge is 2.31. The Hall–Kier alpha value is -1.87. The molecule has 2 rings (SSSR count). The summed E-state index contributed by atoms with van der Waals surface area (Å²) in [7, 11) is 0. The van der Waals surface area contributed by atoms with Gasteiger partial charge in [0.2, 0.25) is 0 Å². The van der Waals surface area contributed by atoms with Gasteiger partial charge in [-0.3, -0.25) is 4.99 Å². The molecule has 24 heavy (non-hydrogen) atoms. The van der Waals surface area contributed by atoms with Crippen LogP contribution in [0.5, 0.6) is 0 Å². The summed E-state index contributed by atoms with van der Waals surface area (Å²) in [6, 6.07) is 0.121. The summed E-state index contributed by atoms with van der Waals surface area (Å²) in [6.45, 7) is 9.95. The third-order valence-electron chi connectivity index (χ3n) is 4.15. The molecule has 0 saturated heterocycles. The van der Waals surface area contributed by atoms with Crippen LogP contribution in [0.3, 0.4) is 0 Å². The van der Waals surface area contributed by atoms with Gasteiger partial charge in [-0.1, -0.05) is 71.1 Å². The molecule has 3 heteroatoms. The van der Waals surface area contributed by atoms with Crippen molar-refractivity contribution in [1.29, 1.82) is 0 Å². The molecule has 0 unspecified atom stereocenters. The minimum atomic E-state index is 0.121. The molecule has 0 bridgehead atoms. The van der Waals surface area contributed by atoms with E-state index in [1.54, 1.807) is 6.08 Å². The molecule has 1 aliphatic carbocycles. The van der Waals surface area contributed by atoms with E-state index in [1.165, 1.54) is 11.3 Å². The van der Waals surface area contributed by atoms with Gasteiger partial charge in [-0.2, -0.15) is 0 Å². The fraction of sp³-hybridized carbons (Fsp3) is 0.286. The molecule has 1 aliphatic heterocycles. The number of allylic oxidation sites excluding steroid dienone is 9. The molecule has 0 amide bonds. The number of nitrogens with zero attached hydrogens (tertiary/aromatic N) is 1. The molecule has 0 aromatic rings. The first-order valence-electron chi connectivity index (χ1n) is 8.24. The van der Waals surface area contributed by atoms with Crippen LogP contribution in [0.4, 0.5) is 0 Å². The number of amidine groups is 1. The van der Waals surface area contributed by atoms with Crippen molar-refractivity contribution < 1.29 is 0 Å². The Morgan fingerprint density at radius 2 is 2.17 bits per heavy atom. The predicted molar refractivity (Wildman–Crippen MR) is 109 cm³/mol. The summed E-state index contributed by atoms with van der Waals surface area (Å²) in [4.78, 5) is 5.03. The van der Waals surface area contributed by atoms with Gasteiger partial charge < -0.3 is 5.32 Å². The number of rotatable bonds is 5. The van der Waals surface area contributed by atoms with Crippen LogP contribution < -0.4 is 5.32 Å². The molecule has 2 nitrogen and oxygen atoms in total. The van der Waals surface area contributed by atoms with E-state index in [1.807, 2.05) is 19.1 Å². The minimum absolute atomic E-state index is 0.121. The van der Waals surface area contributed by atoms with Crippen LogP contribution in [0.15, 0.2) is 87.6 Å². The van der Waals surface area contributed by atoms with Gasteiger partial charge in [-0.15, -0.1) is 0 Å². The summed E-state index contributed by atoms with van der Waals surface area (Å²) in [5, 5.41) is 3.52. The lowest BCUT2D eigenvalue weighted by Gasteiger charge is -2.34. The van der Waals surface area contributed by atoms with Crippen molar-refractivity contribution in [3.63, 3.8) is 0 Å². The third kappa shape index (κ3) is 4.57. The van der Waals surface area contributed by atoms with E-state index in [2.05, 4.69) is 78.1 Å². The van der Waals surface area contributed by atoms with Gasteiger partial charge in [0.05, 0.1) is 6.04 Å². The average Bonchev–Trinajstić information content (AvgIpc) is 2.59. The van der Waals surface area contributed by atoms with Crippen molar-refractivity contribution in [2.24, 2.45) is 10.9 Å². The maximum absolute atomic E-state index is 5.03. The van der Waals surface area contributed by atoms with E-state index >= 15 is 0 Å². The number of fused-ring (bicyclic) bond motifs is 1. The largest absolute Gasteiger partial charge is 0.343 e. The highest BCUT2D eigenvalue weighted by molar-refractivity contribution is 9.11. The SMILES string of the molecule is C=C/C=C\C(=C/C)[C@H]1N=C(/C(C)=C/C=C(\C)Br)NC2=CC=CC[C@H]21. The summed E-state index contributed by atoms with van der Waals surface area (Å²) in [5.41, 5.74) is 3.59. The van der Waals surface area contributed by atoms with Gasteiger partial charge in [0, 0.05) is 11.6 Å². The zero-order chi connectivity index (χ0) is 17.5. The van der Waals surface area contributed by atoms with Crippen molar-refractivity contribution >= 4 is 21.8 Å². The molecule has 2 atom stereocenters. The zero-order valence-corrected chi connectivity index (χ0v) is 16.2. The molecule has 1 heterocycles. The Bertz CT molecular complexity index is 695. The molecule has 0 radical (unpaired) electrons. The van der Waals surface area contributed by atoms with Crippen LogP contribution in [-0.4, -0.2) is 11.9 Å². The van der Waals surface area contributed by atoms with E-state index in [0.717, 1.165) is 22.3 Å². The summed E-state index contributed by atoms with van der Waals surface area (Å²) >= 11 is 3.47. The van der Waals surface area contributed by atoms with Crippen molar-refractivity contribution in [2.75, 3.05) is 0 Å². The van der Waals surface area contributed by atoms with E-state index in [9.17, 15) is 0 Å². The molecular weight excluding hydrogens is 360 g/mol. The number of nitrogens with one attached hydrogen (secondary N) is 1. The van der Waals surface area contributed by atoms with E-state index in [0.29, 0.717) is 5.92 Å². The van der Waals surface area contributed by atoms with Crippen LogP contribution in [0.25, 0.3) is 0 Å². The number of hydrogen-bond donors (Lipinski definition) is 1. The van der Waals surface area contributed by atoms with Crippen LogP contribution in [0, 0.1) is 5.92 Å². The summed E-state index contributed by atoms with van der Waals surface area (Å²) in [5.74, 6) is 1.30.